The summed E-state index contributed by atoms with van der Waals surface area (Å²) in [6.07, 6.45) is 0.975. The van der Waals surface area contributed by atoms with E-state index >= 15 is 0 Å². The maximum absolute atomic E-state index is 4.62. The van der Waals surface area contributed by atoms with Gasteiger partial charge in [-0.2, -0.15) is 0 Å². The molecule has 2 aromatic heterocycles. The number of halogens is 1. The molecule has 0 atom stereocenters. The zero-order valence-corrected chi connectivity index (χ0v) is 13.2. The van der Waals surface area contributed by atoms with E-state index in [-0.39, 0.29) is 0 Å². The molecule has 0 radical (unpaired) electrons. The summed E-state index contributed by atoms with van der Waals surface area (Å²) in [6.45, 7) is 5.08. The van der Waals surface area contributed by atoms with E-state index in [0.717, 1.165) is 38.8 Å². The molecule has 0 saturated heterocycles. The standard InChI is InChI=1S/C13H16BrN3S/c1-8-10(6-7-15-3)9(2)17-13(16-8)11-4-5-12(14)18-11/h4-5,15H,6-7H2,1-3H3. The van der Waals surface area contributed by atoms with Crippen LogP contribution >= 0.6 is 27.3 Å². The van der Waals surface area contributed by atoms with E-state index in [0.29, 0.717) is 0 Å². The minimum atomic E-state index is 0.828. The molecule has 18 heavy (non-hydrogen) atoms. The van der Waals surface area contributed by atoms with Crippen LogP contribution in [0.15, 0.2) is 15.9 Å². The van der Waals surface area contributed by atoms with Crippen molar-refractivity contribution in [1.29, 1.82) is 0 Å². The monoisotopic (exact) mass is 325 g/mol. The smallest absolute Gasteiger partial charge is 0.169 e. The normalized spacial score (nSPS) is 10.9. The molecular weight excluding hydrogens is 310 g/mol. The first-order valence-corrected chi connectivity index (χ1v) is 7.47. The SMILES string of the molecule is CNCCc1c(C)nc(-c2ccc(Br)s2)nc1C. The molecule has 2 rings (SSSR count). The molecule has 0 aliphatic heterocycles. The predicted molar refractivity (Wildman–Crippen MR) is 80.1 cm³/mol. The Balaban J connectivity index is 2.36. The Morgan fingerprint density at radius 3 is 2.39 bits per heavy atom. The topological polar surface area (TPSA) is 37.8 Å². The summed E-state index contributed by atoms with van der Waals surface area (Å²) in [5.41, 5.74) is 3.42. The van der Waals surface area contributed by atoms with Crippen LogP contribution in [0.5, 0.6) is 0 Å². The Morgan fingerprint density at radius 1 is 1.22 bits per heavy atom. The molecule has 0 bridgehead atoms. The highest BCUT2D eigenvalue weighted by molar-refractivity contribution is 9.11. The lowest BCUT2D eigenvalue weighted by atomic mass is 10.1. The quantitative estimate of drug-likeness (QED) is 0.936. The summed E-state index contributed by atoms with van der Waals surface area (Å²) in [4.78, 5) is 10.3. The number of hydrogen-bond donors (Lipinski definition) is 1. The lowest BCUT2D eigenvalue weighted by molar-refractivity contribution is 0.775. The third-order valence-corrected chi connectivity index (χ3v) is 4.46. The maximum Gasteiger partial charge on any atom is 0.169 e. The molecule has 5 heteroatoms. The number of hydrogen-bond acceptors (Lipinski definition) is 4. The van der Waals surface area contributed by atoms with Gasteiger partial charge in [0.2, 0.25) is 0 Å². The van der Waals surface area contributed by atoms with E-state index in [4.69, 9.17) is 0 Å². The molecule has 0 aliphatic rings. The summed E-state index contributed by atoms with van der Waals surface area (Å²) < 4.78 is 1.11. The average Bonchev–Trinajstić information content (AvgIpc) is 2.75. The van der Waals surface area contributed by atoms with Gasteiger partial charge >= 0.3 is 0 Å². The number of aromatic nitrogens is 2. The summed E-state index contributed by atoms with van der Waals surface area (Å²) in [6, 6.07) is 4.08. The highest BCUT2D eigenvalue weighted by Gasteiger charge is 2.11. The Labute approximate surface area is 120 Å². The van der Waals surface area contributed by atoms with Crippen molar-refractivity contribution in [3.8, 4) is 10.7 Å². The van der Waals surface area contributed by atoms with E-state index in [2.05, 4.69) is 51.1 Å². The van der Waals surface area contributed by atoms with Crippen LogP contribution in [-0.2, 0) is 6.42 Å². The summed E-state index contributed by atoms with van der Waals surface area (Å²) >= 11 is 5.13. The second-order valence-electron chi connectivity index (χ2n) is 4.15. The molecule has 1 N–H and O–H groups in total. The Hall–Kier alpha value is -0.780. The molecule has 2 aromatic rings. The van der Waals surface area contributed by atoms with Gasteiger partial charge in [-0.1, -0.05) is 0 Å². The van der Waals surface area contributed by atoms with E-state index in [1.54, 1.807) is 11.3 Å². The van der Waals surface area contributed by atoms with Crippen molar-refractivity contribution >= 4 is 27.3 Å². The van der Waals surface area contributed by atoms with Crippen molar-refractivity contribution in [3.63, 3.8) is 0 Å². The molecule has 2 heterocycles. The number of rotatable bonds is 4. The third kappa shape index (κ3) is 2.96. The second-order valence-corrected chi connectivity index (χ2v) is 6.62. The highest BCUT2D eigenvalue weighted by Crippen LogP contribution is 2.29. The molecule has 0 amide bonds. The van der Waals surface area contributed by atoms with Gasteiger partial charge in [-0.15, -0.1) is 11.3 Å². The number of nitrogens with one attached hydrogen (secondary N) is 1. The average molecular weight is 326 g/mol. The van der Waals surface area contributed by atoms with Gasteiger partial charge in [-0.3, -0.25) is 0 Å². The zero-order valence-electron chi connectivity index (χ0n) is 10.7. The van der Waals surface area contributed by atoms with Gasteiger partial charge in [0.1, 0.15) is 0 Å². The van der Waals surface area contributed by atoms with E-state index in [9.17, 15) is 0 Å². The van der Waals surface area contributed by atoms with Crippen LogP contribution in [0.2, 0.25) is 0 Å². The van der Waals surface area contributed by atoms with Crippen LogP contribution in [0.1, 0.15) is 17.0 Å². The van der Waals surface area contributed by atoms with Crippen molar-refractivity contribution in [2.75, 3.05) is 13.6 Å². The van der Waals surface area contributed by atoms with Gasteiger partial charge < -0.3 is 5.32 Å². The van der Waals surface area contributed by atoms with Crippen molar-refractivity contribution in [2.24, 2.45) is 0 Å². The first kappa shape index (κ1) is 13.6. The van der Waals surface area contributed by atoms with Crippen LogP contribution in [0.3, 0.4) is 0 Å². The fourth-order valence-corrected chi connectivity index (χ4v) is 3.22. The summed E-state index contributed by atoms with van der Waals surface area (Å²) in [7, 11) is 1.96. The van der Waals surface area contributed by atoms with Crippen molar-refractivity contribution in [2.45, 2.75) is 20.3 Å². The molecule has 0 aliphatic carbocycles. The number of aryl methyl sites for hydroxylation is 2. The minimum Gasteiger partial charge on any atom is -0.319 e. The first-order valence-electron chi connectivity index (χ1n) is 5.86. The van der Waals surface area contributed by atoms with Crippen molar-refractivity contribution < 1.29 is 0 Å². The largest absolute Gasteiger partial charge is 0.319 e. The first-order chi connectivity index (χ1) is 8.61. The third-order valence-electron chi connectivity index (χ3n) is 2.84. The Morgan fingerprint density at radius 2 is 1.89 bits per heavy atom. The summed E-state index contributed by atoms with van der Waals surface area (Å²) in [5, 5.41) is 3.16. The van der Waals surface area contributed by atoms with Gasteiger partial charge in [0.25, 0.3) is 0 Å². The highest BCUT2D eigenvalue weighted by atomic mass is 79.9. The Kier molecular flexibility index (Phi) is 4.48. The molecule has 0 spiro atoms. The van der Waals surface area contributed by atoms with Gasteiger partial charge in [-0.25, -0.2) is 9.97 Å². The predicted octanol–water partition coefficient (Wildman–Crippen LogP) is 3.35. The van der Waals surface area contributed by atoms with Crippen molar-refractivity contribution in [1.82, 2.24) is 15.3 Å². The maximum atomic E-state index is 4.62. The fraction of sp³-hybridized carbons (Fsp3) is 0.385. The molecule has 0 saturated carbocycles. The zero-order chi connectivity index (χ0) is 13.1. The number of likely N-dealkylation sites (N-methyl/N-ethyl adjacent to an activating group) is 1. The van der Waals surface area contributed by atoms with Crippen LogP contribution in [0, 0.1) is 13.8 Å². The fourth-order valence-electron chi connectivity index (χ4n) is 1.90. The minimum absolute atomic E-state index is 0.828. The number of nitrogens with zero attached hydrogens (tertiary/aromatic N) is 2. The molecule has 0 unspecified atom stereocenters. The number of thiophene rings is 1. The van der Waals surface area contributed by atoms with Crippen LogP contribution in [0.4, 0.5) is 0 Å². The molecular formula is C13H16BrN3S. The van der Waals surface area contributed by atoms with Crippen LogP contribution in [0.25, 0.3) is 10.7 Å². The molecule has 96 valence electrons. The van der Waals surface area contributed by atoms with E-state index in [1.807, 2.05) is 13.1 Å². The van der Waals surface area contributed by atoms with Gasteiger partial charge in [0.15, 0.2) is 5.82 Å². The molecule has 3 nitrogen and oxygen atoms in total. The van der Waals surface area contributed by atoms with Gasteiger partial charge in [0, 0.05) is 11.4 Å². The molecule has 0 aromatic carbocycles. The summed E-state index contributed by atoms with van der Waals surface area (Å²) in [5.74, 6) is 0.828. The lowest BCUT2D eigenvalue weighted by Crippen LogP contribution is -2.13. The lowest BCUT2D eigenvalue weighted by Gasteiger charge is -2.09. The van der Waals surface area contributed by atoms with E-state index in [1.165, 1.54) is 5.56 Å². The second kappa shape index (κ2) is 5.91. The molecule has 0 fully saturated rings. The Bertz CT molecular complexity index is 528. The van der Waals surface area contributed by atoms with Crippen molar-refractivity contribution in [3.05, 3.63) is 32.9 Å². The van der Waals surface area contributed by atoms with Crippen LogP contribution in [-0.4, -0.2) is 23.6 Å². The van der Waals surface area contributed by atoms with Gasteiger partial charge in [-0.05, 0) is 67.5 Å². The van der Waals surface area contributed by atoms with Crippen LogP contribution < -0.4 is 5.32 Å². The van der Waals surface area contributed by atoms with E-state index < -0.39 is 0 Å². The van der Waals surface area contributed by atoms with Gasteiger partial charge in [0.05, 0.1) is 8.66 Å².